The molecule has 7 nitrogen and oxygen atoms in total. The molecule has 8 heteroatoms. The number of benzene rings is 2. The lowest BCUT2D eigenvalue weighted by Crippen LogP contribution is -2.38. The highest BCUT2D eigenvalue weighted by molar-refractivity contribution is 7.91. The van der Waals surface area contributed by atoms with Crippen LogP contribution in [0.15, 0.2) is 79.2 Å². The molecule has 1 aliphatic carbocycles. The van der Waals surface area contributed by atoms with Crippen molar-refractivity contribution in [3.05, 3.63) is 107 Å². The summed E-state index contributed by atoms with van der Waals surface area (Å²) in [6.45, 7) is 5.75. The van der Waals surface area contributed by atoms with Crippen molar-refractivity contribution in [2.45, 2.75) is 38.1 Å². The van der Waals surface area contributed by atoms with Gasteiger partial charge < -0.3 is 4.90 Å². The van der Waals surface area contributed by atoms with Gasteiger partial charge >= 0.3 is 0 Å². The molecule has 41 heavy (non-hydrogen) atoms. The van der Waals surface area contributed by atoms with E-state index in [1.807, 2.05) is 42.5 Å². The van der Waals surface area contributed by atoms with Gasteiger partial charge in [-0.3, -0.25) is 9.69 Å². The van der Waals surface area contributed by atoms with Crippen molar-refractivity contribution in [1.29, 1.82) is 0 Å². The SMILES string of the molecule is Cc1cc(C2=CC(C)(S(=O)(=O)n3cc(-c4ccc(C(=O)N(C)C)cc4)c4cccnc43)CC=C2)cc2c1CN(C)C2. The minimum absolute atomic E-state index is 0.0883. The van der Waals surface area contributed by atoms with E-state index in [0.717, 1.165) is 40.7 Å². The highest BCUT2D eigenvalue weighted by atomic mass is 32.2. The average molecular weight is 567 g/mol. The number of allylic oxidation sites excluding steroid dienone is 3. The zero-order chi connectivity index (χ0) is 29.1. The first kappa shape index (κ1) is 27.2. The molecular formula is C33H34N4O3S. The van der Waals surface area contributed by atoms with Crippen molar-refractivity contribution < 1.29 is 13.2 Å². The van der Waals surface area contributed by atoms with Crippen molar-refractivity contribution in [2.75, 3.05) is 21.1 Å². The molecule has 0 N–H and O–H groups in total. The Morgan fingerprint density at radius 1 is 1.05 bits per heavy atom. The van der Waals surface area contributed by atoms with Crippen LogP contribution in [0.25, 0.3) is 27.7 Å². The largest absolute Gasteiger partial charge is 0.345 e. The van der Waals surface area contributed by atoms with Crippen LogP contribution in [0, 0.1) is 6.92 Å². The van der Waals surface area contributed by atoms with Gasteiger partial charge in [0.25, 0.3) is 5.91 Å². The van der Waals surface area contributed by atoms with Gasteiger partial charge in [0.05, 0.1) is 0 Å². The van der Waals surface area contributed by atoms with Gasteiger partial charge in [-0.2, -0.15) is 0 Å². The lowest BCUT2D eigenvalue weighted by Gasteiger charge is -2.29. The van der Waals surface area contributed by atoms with Crippen LogP contribution in [0.1, 0.15) is 46.0 Å². The number of aryl methyl sites for hydroxylation is 1. The number of hydrogen-bond acceptors (Lipinski definition) is 5. The van der Waals surface area contributed by atoms with Crippen LogP contribution in [0.5, 0.6) is 0 Å². The van der Waals surface area contributed by atoms with Crippen LogP contribution in [-0.2, 0) is 23.1 Å². The standard InChI is InChI=1S/C33H34N4O3S/c1-22-16-26(17-27-19-36(5)20-29(22)27)25-8-6-14-33(2,18-25)41(39,40)37-21-30(28-9-7-15-34-31(28)37)23-10-12-24(13-11-23)32(38)35(3)4/h6-13,15-18,21H,14,19-20H2,1-5H3. The van der Waals surface area contributed by atoms with Gasteiger partial charge in [0.2, 0.25) is 10.0 Å². The smallest absolute Gasteiger partial charge is 0.253 e. The van der Waals surface area contributed by atoms with Crippen molar-refractivity contribution in [1.82, 2.24) is 18.8 Å². The van der Waals surface area contributed by atoms with Gasteiger partial charge in [-0.15, -0.1) is 0 Å². The summed E-state index contributed by atoms with van der Waals surface area (Å²) in [6.07, 6.45) is 9.54. The summed E-state index contributed by atoms with van der Waals surface area (Å²) < 4.78 is 29.1. The lowest BCUT2D eigenvalue weighted by atomic mass is 9.90. The van der Waals surface area contributed by atoms with Crippen LogP contribution in [0.3, 0.4) is 0 Å². The third-order valence-corrected chi connectivity index (χ3v) is 10.5. The predicted molar refractivity (Wildman–Crippen MR) is 164 cm³/mol. The third-order valence-electron chi connectivity index (χ3n) is 8.28. The summed E-state index contributed by atoms with van der Waals surface area (Å²) in [5.74, 6) is -0.0883. The first-order valence-corrected chi connectivity index (χ1v) is 15.2. The van der Waals surface area contributed by atoms with Crippen molar-refractivity contribution >= 4 is 32.5 Å². The molecule has 0 saturated carbocycles. The summed E-state index contributed by atoms with van der Waals surface area (Å²) >= 11 is 0. The van der Waals surface area contributed by atoms with Gasteiger partial charge in [-0.1, -0.05) is 36.4 Å². The fourth-order valence-electron chi connectivity index (χ4n) is 5.98. The second-order valence-electron chi connectivity index (χ2n) is 11.6. The molecule has 0 fully saturated rings. The van der Waals surface area contributed by atoms with Crippen LogP contribution in [-0.4, -0.2) is 59.0 Å². The van der Waals surface area contributed by atoms with E-state index in [1.165, 1.54) is 25.6 Å². The Kier molecular flexibility index (Phi) is 6.51. The summed E-state index contributed by atoms with van der Waals surface area (Å²) in [6, 6.07) is 15.3. The number of hydrogen-bond donors (Lipinski definition) is 0. The van der Waals surface area contributed by atoms with E-state index in [-0.39, 0.29) is 5.91 Å². The molecule has 1 atom stereocenters. The van der Waals surface area contributed by atoms with E-state index < -0.39 is 14.8 Å². The normalized spacial score (nSPS) is 18.9. The molecule has 6 rings (SSSR count). The molecule has 0 bridgehead atoms. The summed E-state index contributed by atoms with van der Waals surface area (Å²) in [7, 11) is 1.62. The molecule has 4 aromatic rings. The summed E-state index contributed by atoms with van der Waals surface area (Å²) in [5, 5.41) is 0.736. The number of carbonyl (C=O) groups excluding carboxylic acids is 1. The average Bonchev–Trinajstić information content (AvgIpc) is 3.53. The Morgan fingerprint density at radius 2 is 1.80 bits per heavy atom. The van der Waals surface area contributed by atoms with Crippen LogP contribution < -0.4 is 0 Å². The number of fused-ring (bicyclic) bond motifs is 2. The maximum absolute atomic E-state index is 14.4. The molecule has 0 saturated heterocycles. The van der Waals surface area contributed by atoms with E-state index in [0.29, 0.717) is 17.6 Å². The minimum atomic E-state index is -3.92. The third kappa shape index (κ3) is 4.51. The zero-order valence-corrected chi connectivity index (χ0v) is 24.9. The number of rotatable bonds is 5. The zero-order valence-electron chi connectivity index (χ0n) is 24.0. The highest BCUT2D eigenvalue weighted by Gasteiger charge is 2.41. The molecule has 2 aromatic carbocycles. The van der Waals surface area contributed by atoms with E-state index >= 15 is 0 Å². The number of pyridine rings is 1. The second kappa shape index (κ2) is 9.82. The lowest BCUT2D eigenvalue weighted by molar-refractivity contribution is 0.0827. The Bertz CT molecular complexity index is 1870. The van der Waals surface area contributed by atoms with Gasteiger partial charge in [0, 0.05) is 56.1 Å². The molecule has 0 radical (unpaired) electrons. The molecule has 0 spiro atoms. The molecular weight excluding hydrogens is 532 g/mol. The molecule has 3 heterocycles. The Morgan fingerprint density at radius 3 is 2.54 bits per heavy atom. The van der Waals surface area contributed by atoms with E-state index in [9.17, 15) is 13.2 Å². The minimum Gasteiger partial charge on any atom is -0.345 e. The number of carbonyl (C=O) groups is 1. The summed E-state index contributed by atoms with van der Waals surface area (Å²) in [5.41, 5.74) is 8.37. The molecule has 2 aliphatic rings. The van der Waals surface area contributed by atoms with Gasteiger partial charge in [0.15, 0.2) is 5.65 Å². The molecule has 1 aliphatic heterocycles. The topological polar surface area (TPSA) is 75.5 Å². The van der Waals surface area contributed by atoms with Crippen molar-refractivity contribution in [2.24, 2.45) is 0 Å². The Balaban J connectivity index is 1.42. The van der Waals surface area contributed by atoms with Crippen LogP contribution >= 0.6 is 0 Å². The fraction of sp³-hybridized carbons (Fsp3) is 0.273. The Labute approximate surface area is 241 Å². The second-order valence-corrected chi connectivity index (χ2v) is 13.9. The maximum Gasteiger partial charge on any atom is 0.253 e. The van der Waals surface area contributed by atoms with Crippen LogP contribution in [0.4, 0.5) is 0 Å². The molecule has 1 amide bonds. The first-order chi connectivity index (χ1) is 19.5. The predicted octanol–water partition coefficient (Wildman–Crippen LogP) is 5.64. The fourth-order valence-corrected chi connectivity index (χ4v) is 7.62. The van der Waals surface area contributed by atoms with E-state index in [2.05, 4.69) is 36.0 Å². The molecule has 2 aromatic heterocycles. The van der Waals surface area contributed by atoms with Gasteiger partial charge in [0.1, 0.15) is 4.75 Å². The Hall–Kier alpha value is -4.01. The molecule has 1 unspecified atom stereocenters. The van der Waals surface area contributed by atoms with Gasteiger partial charge in [-0.25, -0.2) is 17.4 Å². The maximum atomic E-state index is 14.4. The summed E-state index contributed by atoms with van der Waals surface area (Å²) in [4.78, 5) is 20.7. The van der Waals surface area contributed by atoms with Crippen molar-refractivity contribution in [3.63, 3.8) is 0 Å². The number of aromatic nitrogens is 2. The number of amides is 1. The van der Waals surface area contributed by atoms with E-state index in [4.69, 9.17) is 0 Å². The van der Waals surface area contributed by atoms with E-state index in [1.54, 1.807) is 45.5 Å². The molecule has 210 valence electrons. The monoisotopic (exact) mass is 566 g/mol. The van der Waals surface area contributed by atoms with Crippen molar-refractivity contribution in [3.8, 4) is 11.1 Å². The number of nitrogens with zero attached hydrogens (tertiary/aromatic N) is 4. The highest BCUT2D eigenvalue weighted by Crippen LogP contribution is 2.39. The van der Waals surface area contributed by atoms with Crippen LogP contribution in [0.2, 0.25) is 0 Å². The first-order valence-electron chi connectivity index (χ1n) is 13.7. The van der Waals surface area contributed by atoms with Gasteiger partial charge in [-0.05, 0) is 91.0 Å². The quantitative estimate of drug-likeness (QED) is 0.313.